The van der Waals surface area contributed by atoms with E-state index >= 15 is 0 Å². The third-order valence-electron chi connectivity index (χ3n) is 2.90. The van der Waals surface area contributed by atoms with Crippen LogP contribution < -0.4 is 5.73 Å². The van der Waals surface area contributed by atoms with Crippen molar-refractivity contribution in [3.8, 4) is 5.69 Å². The van der Waals surface area contributed by atoms with Gasteiger partial charge in [-0.1, -0.05) is 6.07 Å². The summed E-state index contributed by atoms with van der Waals surface area (Å²) in [5.41, 5.74) is 5.20. The van der Waals surface area contributed by atoms with Gasteiger partial charge in [-0.05, 0) is 44.5 Å². The van der Waals surface area contributed by atoms with E-state index in [2.05, 4.69) is 10.1 Å². The van der Waals surface area contributed by atoms with E-state index in [-0.39, 0.29) is 5.69 Å². The summed E-state index contributed by atoms with van der Waals surface area (Å²) in [6, 6.07) is 4.17. The molecule has 1 aromatic heterocycles. The molecule has 0 aliphatic heterocycles. The number of nitrogens with zero attached hydrogens (tertiary/aromatic N) is 3. The van der Waals surface area contributed by atoms with E-state index in [0.717, 1.165) is 6.07 Å². The van der Waals surface area contributed by atoms with Crippen molar-refractivity contribution in [1.82, 2.24) is 14.8 Å². The summed E-state index contributed by atoms with van der Waals surface area (Å²) in [6.45, 7) is 3.56. The third-order valence-corrected chi connectivity index (χ3v) is 2.90. The molecule has 2 N–H and O–H groups in total. The summed E-state index contributed by atoms with van der Waals surface area (Å²) in [5.74, 6) is 0.848. The Morgan fingerprint density at radius 1 is 1.25 bits per heavy atom. The van der Waals surface area contributed by atoms with Crippen molar-refractivity contribution in [3.63, 3.8) is 0 Å². The zero-order valence-electron chi connectivity index (χ0n) is 11.2. The van der Waals surface area contributed by atoms with Crippen molar-refractivity contribution in [1.29, 1.82) is 0 Å². The molecule has 0 aliphatic carbocycles. The number of hydrogen-bond acceptors (Lipinski definition) is 3. The molecule has 0 aliphatic rings. The fourth-order valence-corrected chi connectivity index (χ4v) is 2.07. The Morgan fingerprint density at radius 3 is 2.45 bits per heavy atom. The maximum atomic E-state index is 13.2. The lowest BCUT2D eigenvalue weighted by molar-refractivity contribution is -0.137. The Kier molecular flexibility index (Phi) is 3.80. The van der Waals surface area contributed by atoms with Crippen molar-refractivity contribution < 1.29 is 13.2 Å². The minimum absolute atomic E-state index is 0.0172. The van der Waals surface area contributed by atoms with E-state index in [4.69, 9.17) is 5.73 Å². The van der Waals surface area contributed by atoms with Crippen LogP contribution in [0.25, 0.3) is 5.69 Å². The van der Waals surface area contributed by atoms with Gasteiger partial charge in [-0.3, -0.25) is 0 Å². The summed E-state index contributed by atoms with van der Waals surface area (Å²) in [6.07, 6.45) is -4.05. The van der Waals surface area contributed by atoms with Crippen LogP contribution in [0.5, 0.6) is 0 Å². The topological polar surface area (TPSA) is 56.7 Å². The van der Waals surface area contributed by atoms with Crippen molar-refractivity contribution in [3.05, 3.63) is 41.0 Å². The fraction of sp³-hybridized carbons (Fsp3) is 0.385. The first-order valence-electron chi connectivity index (χ1n) is 6.13. The first kappa shape index (κ1) is 14.5. The zero-order chi connectivity index (χ0) is 14.9. The molecule has 108 valence electrons. The van der Waals surface area contributed by atoms with E-state index in [9.17, 15) is 13.2 Å². The van der Waals surface area contributed by atoms with Crippen LogP contribution in [0.1, 0.15) is 22.8 Å². The predicted molar refractivity (Wildman–Crippen MR) is 68.6 cm³/mol. The second kappa shape index (κ2) is 5.24. The van der Waals surface area contributed by atoms with Crippen molar-refractivity contribution in [2.24, 2.45) is 5.73 Å². The molecular weight excluding hydrogens is 269 g/mol. The standard InChI is InChI=1S/C13H15F3N4/c1-8-18-9(2)20(19-8)12-4-3-10(5-6-17)7-11(12)13(14,15)16/h3-4,7H,5-6,17H2,1-2H3. The number of halogens is 3. The van der Waals surface area contributed by atoms with Gasteiger partial charge in [0.15, 0.2) is 0 Å². The minimum Gasteiger partial charge on any atom is -0.330 e. The van der Waals surface area contributed by atoms with Gasteiger partial charge in [0.2, 0.25) is 0 Å². The summed E-state index contributed by atoms with van der Waals surface area (Å²) >= 11 is 0. The van der Waals surface area contributed by atoms with Crippen LogP contribution in [0.3, 0.4) is 0 Å². The number of aromatic nitrogens is 3. The number of benzene rings is 1. The number of rotatable bonds is 3. The number of hydrogen-bond donors (Lipinski definition) is 1. The van der Waals surface area contributed by atoms with Crippen LogP contribution in [0, 0.1) is 13.8 Å². The minimum atomic E-state index is -4.45. The van der Waals surface area contributed by atoms with Crippen molar-refractivity contribution in [2.45, 2.75) is 26.4 Å². The lowest BCUT2D eigenvalue weighted by atomic mass is 10.1. The van der Waals surface area contributed by atoms with E-state index in [1.54, 1.807) is 19.9 Å². The number of aryl methyl sites for hydroxylation is 2. The number of nitrogens with two attached hydrogens (primary N) is 1. The summed E-state index contributed by atoms with van der Waals surface area (Å²) in [4.78, 5) is 4.03. The highest BCUT2D eigenvalue weighted by Crippen LogP contribution is 2.34. The Morgan fingerprint density at radius 2 is 1.95 bits per heavy atom. The van der Waals surface area contributed by atoms with Crippen LogP contribution in [0.2, 0.25) is 0 Å². The van der Waals surface area contributed by atoms with Gasteiger partial charge >= 0.3 is 6.18 Å². The third kappa shape index (κ3) is 2.82. The highest BCUT2D eigenvalue weighted by Gasteiger charge is 2.34. The highest BCUT2D eigenvalue weighted by molar-refractivity contribution is 5.45. The van der Waals surface area contributed by atoms with Crippen molar-refractivity contribution >= 4 is 0 Å². The van der Waals surface area contributed by atoms with Gasteiger partial charge in [0.25, 0.3) is 0 Å². The molecule has 0 fully saturated rings. The normalized spacial score (nSPS) is 11.9. The highest BCUT2D eigenvalue weighted by atomic mass is 19.4. The average Bonchev–Trinajstić information content (AvgIpc) is 2.68. The van der Waals surface area contributed by atoms with E-state index in [1.807, 2.05) is 0 Å². The van der Waals surface area contributed by atoms with Crippen molar-refractivity contribution in [2.75, 3.05) is 6.54 Å². The van der Waals surface area contributed by atoms with Crippen LogP contribution in [0.4, 0.5) is 13.2 Å². The molecule has 2 rings (SSSR count). The van der Waals surface area contributed by atoms with Crippen LogP contribution in [-0.2, 0) is 12.6 Å². The molecule has 4 nitrogen and oxygen atoms in total. The average molecular weight is 284 g/mol. The first-order valence-corrected chi connectivity index (χ1v) is 6.13. The summed E-state index contributed by atoms with van der Waals surface area (Å²) in [7, 11) is 0. The van der Waals surface area contributed by atoms with Gasteiger partial charge < -0.3 is 5.73 Å². The largest absolute Gasteiger partial charge is 0.418 e. The van der Waals surface area contributed by atoms with Gasteiger partial charge in [0.1, 0.15) is 11.6 Å². The molecule has 0 saturated heterocycles. The molecule has 1 heterocycles. The molecule has 0 spiro atoms. The Labute approximate surface area is 114 Å². The maximum Gasteiger partial charge on any atom is 0.418 e. The molecule has 20 heavy (non-hydrogen) atoms. The molecule has 0 amide bonds. The van der Waals surface area contributed by atoms with Crippen LogP contribution >= 0.6 is 0 Å². The van der Waals surface area contributed by atoms with Gasteiger partial charge in [0, 0.05) is 0 Å². The molecular formula is C13H15F3N4. The monoisotopic (exact) mass is 284 g/mol. The molecule has 2 aromatic rings. The molecule has 1 aromatic carbocycles. The summed E-state index contributed by atoms with van der Waals surface area (Å²) < 4.78 is 40.8. The lowest BCUT2D eigenvalue weighted by Gasteiger charge is -2.15. The first-order chi connectivity index (χ1) is 9.32. The van der Waals surface area contributed by atoms with Gasteiger partial charge in [-0.15, -0.1) is 0 Å². The van der Waals surface area contributed by atoms with Crippen LogP contribution in [-0.4, -0.2) is 21.3 Å². The van der Waals surface area contributed by atoms with Gasteiger partial charge in [-0.2, -0.15) is 18.3 Å². The fourth-order valence-electron chi connectivity index (χ4n) is 2.07. The molecule has 0 unspecified atom stereocenters. The molecule has 7 heteroatoms. The maximum absolute atomic E-state index is 13.2. The Balaban J connectivity index is 2.60. The van der Waals surface area contributed by atoms with Crippen LogP contribution in [0.15, 0.2) is 18.2 Å². The molecule has 0 saturated carbocycles. The quantitative estimate of drug-likeness (QED) is 0.941. The number of alkyl halides is 3. The molecule has 0 radical (unpaired) electrons. The molecule has 0 bridgehead atoms. The predicted octanol–water partition coefficient (Wildman–Crippen LogP) is 2.40. The Hall–Kier alpha value is -1.89. The zero-order valence-corrected chi connectivity index (χ0v) is 11.2. The molecule has 0 atom stereocenters. The van der Waals surface area contributed by atoms with E-state index < -0.39 is 11.7 Å². The second-order valence-corrected chi connectivity index (χ2v) is 4.51. The smallest absolute Gasteiger partial charge is 0.330 e. The SMILES string of the molecule is Cc1nc(C)n(-c2ccc(CCN)cc2C(F)(F)F)n1. The summed E-state index contributed by atoms with van der Waals surface area (Å²) in [5, 5.41) is 4.01. The van der Waals surface area contributed by atoms with Gasteiger partial charge in [-0.25, -0.2) is 9.67 Å². The Bertz CT molecular complexity index is 617. The van der Waals surface area contributed by atoms with E-state index in [1.165, 1.54) is 10.7 Å². The van der Waals surface area contributed by atoms with E-state index in [0.29, 0.717) is 30.2 Å². The lowest BCUT2D eigenvalue weighted by Crippen LogP contribution is -2.14. The second-order valence-electron chi connectivity index (χ2n) is 4.51. The van der Waals surface area contributed by atoms with Gasteiger partial charge in [0.05, 0.1) is 11.3 Å².